The summed E-state index contributed by atoms with van der Waals surface area (Å²) in [6.07, 6.45) is 0.947. The average molecular weight is 426 g/mol. The quantitative estimate of drug-likeness (QED) is 0.690. The van der Waals surface area contributed by atoms with Crippen molar-refractivity contribution in [3.8, 4) is 11.1 Å². The maximum absolute atomic E-state index is 14.3. The summed E-state index contributed by atoms with van der Waals surface area (Å²) in [5, 5.41) is 3.35. The minimum absolute atomic E-state index is 0.110. The molecule has 2 aromatic carbocycles. The van der Waals surface area contributed by atoms with E-state index in [0.717, 1.165) is 29.7 Å². The molecular formula is C24H28FN3O3. The van der Waals surface area contributed by atoms with Crippen molar-refractivity contribution in [3.05, 3.63) is 59.4 Å². The number of hydrogen-bond donors (Lipinski definition) is 1. The third-order valence-electron chi connectivity index (χ3n) is 5.81. The van der Waals surface area contributed by atoms with Crippen molar-refractivity contribution in [2.24, 2.45) is 0 Å². The predicted molar refractivity (Wildman–Crippen MR) is 116 cm³/mol. The molecule has 0 spiro atoms. The smallest absolute Gasteiger partial charge is 0.327 e. The van der Waals surface area contributed by atoms with Gasteiger partial charge in [-0.15, -0.1) is 0 Å². The summed E-state index contributed by atoms with van der Waals surface area (Å²) in [4.78, 5) is 27.4. The molecule has 6 nitrogen and oxygen atoms in total. The maximum atomic E-state index is 14.3. The fourth-order valence-corrected chi connectivity index (χ4v) is 4.06. The number of rotatable bonds is 7. The van der Waals surface area contributed by atoms with Gasteiger partial charge in [-0.25, -0.2) is 9.18 Å². The Morgan fingerprint density at radius 3 is 2.52 bits per heavy atom. The number of carbonyl (C=O) groups is 2. The molecule has 3 amide bonds. The lowest BCUT2D eigenvalue weighted by Gasteiger charge is -2.20. The van der Waals surface area contributed by atoms with Crippen LogP contribution in [0.4, 0.5) is 9.18 Å². The van der Waals surface area contributed by atoms with Gasteiger partial charge >= 0.3 is 6.03 Å². The summed E-state index contributed by atoms with van der Waals surface area (Å²) in [6, 6.07) is 12.9. The number of nitrogens with one attached hydrogen (secondary N) is 1. The van der Waals surface area contributed by atoms with Crippen molar-refractivity contribution in [2.75, 3.05) is 19.8 Å². The molecule has 31 heavy (non-hydrogen) atoms. The molecule has 2 aliphatic heterocycles. The molecule has 2 aromatic rings. The molecule has 2 saturated heterocycles. The van der Waals surface area contributed by atoms with Gasteiger partial charge in [0.15, 0.2) is 0 Å². The summed E-state index contributed by atoms with van der Waals surface area (Å²) in [5.74, 6) is -0.382. The highest BCUT2D eigenvalue weighted by Gasteiger charge is 2.37. The fraction of sp³-hybridized carbons (Fsp3) is 0.417. The summed E-state index contributed by atoms with van der Waals surface area (Å²) in [7, 11) is 0. The molecule has 1 N–H and O–H groups in total. The second-order valence-electron chi connectivity index (χ2n) is 8.44. The number of imide groups is 1. The molecule has 4 rings (SSSR count). The molecule has 2 aliphatic rings. The molecule has 2 heterocycles. The first kappa shape index (κ1) is 21.5. The number of ether oxygens (including phenoxy) is 1. The number of benzene rings is 2. The highest BCUT2D eigenvalue weighted by molar-refractivity contribution is 6.02. The van der Waals surface area contributed by atoms with Crippen molar-refractivity contribution in [2.45, 2.75) is 45.4 Å². The summed E-state index contributed by atoms with van der Waals surface area (Å²) < 4.78 is 19.6. The number of halogens is 1. The highest BCUT2D eigenvalue weighted by atomic mass is 19.1. The first-order valence-corrected chi connectivity index (χ1v) is 10.7. The van der Waals surface area contributed by atoms with E-state index in [1.54, 1.807) is 11.0 Å². The van der Waals surface area contributed by atoms with Gasteiger partial charge in [-0.2, -0.15) is 0 Å². The van der Waals surface area contributed by atoms with Crippen molar-refractivity contribution in [3.63, 3.8) is 0 Å². The molecule has 0 aliphatic carbocycles. The lowest BCUT2D eigenvalue weighted by atomic mass is 10.0. The van der Waals surface area contributed by atoms with Crippen molar-refractivity contribution >= 4 is 11.9 Å². The van der Waals surface area contributed by atoms with E-state index in [9.17, 15) is 14.0 Å². The van der Waals surface area contributed by atoms with E-state index in [2.05, 4.69) is 5.32 Å². The van der Waals surface area contributed by atoms with Crippen molar-refractivity contribution in [1.29, 1.82) is 0 Å². The van der Waals surface area contributed by atoms with Crippen LogP contribution in [0.2, 0.25) is 0 Å². The van der Waals surface area contributed by atoms with Crippen LogP contribution in [-0.2, 0) is 22.6 Å². The Hall–Kier alpha value is -2.77. The molecule has 2 fully saturated rings. The summed E-state index contributed by atoms with van der Waals surface area (Å²) >= 11 is 0. The minimum Gasteiger partial charge on any atom is -0.380 e. The normalized spacial score (nSPS) is 19.2. The van der Waals surface area contributed by atoms with E-state index in [0.29, 0.717) is 25.3 Å². The van der Waals surface area contributed by atoms with Gasteiger partial charge in [-0.1, -0.05) is 30.3 Å². The zero-order valence-electron chi connectivity index (χ0n) is 17.9. The van der Waals surface area contributed by atoms with Crippen LogP contribution in [-0.4, -0.2) is 53.6 Å². The minimum atomic E-state index is -0.243. The zero-order chi connectivity index (χ0) is 22.0. The molecule has 0 aromatic heterocycles. The van der Waals surface area contributed by atoms with Gasteiger partial charge in [0.2, 0.25) is 0 Å². The first-order valence-electron chi connectivity index (χ1n) is 10.7. The van der Waals surface area contributed by atoms with E-state index in [-0.39, 0.29) is 36.4 Å². The first-order chi connectivity index (χ1) is 14.9. The molecule has 0 radical (unpaired) electrons. The van der Waals surface area contributed by atoms with E-state index in [4.69, 9.17) is 4.74 Å². The van der Waals surface area contributed by atoms with E-state index >= 15 is 0 Å². The van der Waals surface area contributed by atoms with Crippen molar-refractivity contribution in [1.82, 2.24) is 15.1 Å². The topological polar surface area (TPSA) is 61.9 Å². The summed E-state index contributed by atoms with van der Waals surface area (Å²) in [6.45, 7) is 6.05. The van der Waals surface area contributed by atoms with Gasteiger partial charge in [-0.05, 0) is 49.1 Å². The van der Waals surface area contributed by atoms with Crippen LogP contribution in [0.15, 0.2) is 42.5 Å². The Kier molecular flexibility index (Phi) is 6.34. The monoisotopic (exact) mass is 425 g/mol. The number of urea groups is 1. The molecule has 164 valence electrons. The average Bonchev–Trinajstić information content (AvgIpc) is 3.36. The number of nitrogens with zero attached hydrogens (tertiary/aromatic N) is 2. The number of amides is 3. The Labute approximate surface area is 182 Å². The molecule has 1 atom stereocenters. The van der Waals surface area contributed by atoms with Gasteiger partial charge in [0.1, 0.15) is 12.4 Å². The lowest BCUT2D eigenvalue weighted by molar-refractivity contribution is -0.126. The number of hydrogen-bond acceptors (Lipinski definition) is 4. The van der Waals surface area contributed by atoms with Crippen molar-refractivity contribution < 1.29 is 18.7 Å². The highest BCUT2D eigenvalue weighted by Crippen LogP contribution is 2.24. The second-order valence-corrected chi connectivity index (χ2v) is 8.44. The van der Waals surface area contributed by atoms with Crippen LogP contribution >= 0.6 is 0 Å². The van der Waals surface area contributed by atoms with Gasteiger partial charge in [0.25, 0.3) is 5.91 Å². The van der Waals surface area contributed by atoms with Crippen LogP contribution in [0.3, 0.4) is 0 Å². The predicted octanol–water partition coefficient (Wildman–Crippen LogP) is 3.54. The Morgan fingerprint density at radius 2 is 1.87 bits per heavy atom. The molecule has 7 heteroatoms. The molecule has 0 bridgehead atoms. The maximum Gasteiger partial charge on any atom is 0.327 e. The standard InChI is InChI=1S/C24H28FN3O3/c1-16(2)28-23(29)14-27(24(28)30)13-17-3-5-18(6-4-17)19-7-8-22(25)20(11-19)12-26-21-9-10-31-15-21/h3-8,11,16,21,26H,9-10,12-15H2,1-2H3/t21-/m0/s1. The van der Waals surface area contributed by atoms with Crippen LogP contribution < -0.4 is 5.32 Å². The fourth-order valence-electron chi connectivity index (χ4n) is 4.06. The largest absolute Gasteiger partial charge is 0.380 e. The van der Waals surface area contributed by atoms with E-state index < -0.39 is 0 Å². The van der Waals surface area contributed by atoms with Crippen LogP contribution in [0, 0.1) is 5.82 Å². The van der Waals surface area contributed by atoms with Gasteiger partial charge in [-0.3, -0.25) is 9.69 Å². The Balaban J connectivity index is 1.43. The molecular weight excluding hydrogens is 397 g/mol. The zero-order valence-corrected chi connectivity index (χ0v) is 17.9. The van der Waals surface area contributed by atoms with Gasteiger partial charge in [0.05, 0.1) is 6.61 Å². The molecule has 0 unspecified atom stereocenters. The van der Waals surface area contributed by atoms with E-state index in [1.165, 1.54) is 11.0 Å². The Bertz CT molecular complexity index is 955. The second kappa shape index (κ2) is 9.16. The van der Waals surface area contributed by atoms with E-state index in [1.807, 2.05) is 44.2 Å². The number of carbonyl (C=O) groups excluding carboxylic acids is 2. The van der Waals surface area contributed by atoms with Crippen LogP contribution in [0.5, 0.6) is 0 Å². The van der Waals surface area contributed by atoms with Gasteiger partial charge in [0, 0.05) is 37.3 Å². The summed E-state index contributed by atoms with van der Waals surface area (Å²) in [5.41, 5.74) is 3.48. The molecule has 0 saturated carbocycles. The lowest BCUT2D eigenvalue weighted by Crippen LogP contribution is -2.37. The van der Waals surface area contributed by atoms with Gasteiger partial charge < -0.3 is 15.0 Å². The third-order valence-corrected chi connectivity index (χ3v) is 5.81. The van der Waals surface area contributed by atoms with Crippen LogP contribution in [0.1, 0.15) is 31.4 Å². The Morgan fingerprint density at radius 1 is 1.13 bits per heavy atom. The third kappa shape index (κ3) is 4.78. The van der Waals surface area contributed by atoms with Crippen LogP contribution in [0.25, 0.3) is 11.1 Å². The SMILES string of the molecule is CC(C)N1C(=O)CN(Cc2ccc(-c3ccc(F)c(CN[C@H]4CCOC4)c3)cc2)C1=O.